The van der Waals surface area contributed by atoms with Crippen LogP contribution in [0.15, 0.2) is 46.9 Å². The van der Waals surface area contributed by atoms with E-state index in [1.54, 1.807) is 32.4 Å². The molecular formula is C21H23N3O4. The van der Waals surface area contributed by atoms with Gasteiger partial charge in [-0.15, -0.1) is 0 Å². The van der Waals surface area contributed by atoms with Gasteiger partial charge in [0.05, 0.1) is 20.3 Å². The van der Waals surface area contributed by atoms with Crippen molar-refractivity contribution in [2.45, 2.75) is 18.9 Å². The highest BCUT2D eigenvalue weighted by molar-refractivity contribution is 5.95. The standard InChI is InChI=1S/C21H23N3O4/c1-26-16-10-14(11-17(12-16)27-2)20(25)22-13-15-6-5-9-24(15)21-23-18-7-3-4-8-19(18)28-21/h3-4,7-8,10-12,15H,5-6,9,13H2,1-2H3,(H,22,25). The van der Waals surface area contributed by atoms with E-state index in [0.717, 1.165) is 30.5 Å². The second kappa shape index (κ2) is 7.80. The first-order chi connectivity index (χ1) is 13.7. The Hall–Kier alpha value is -3.22. The minimum atomic E-state index is -0.165. The monoisotopic (exact) mass is 381 g/mol. The van der Waals surface area contributed by atoms with Gasteiger partial charge in [-0.05, 0) is 37.1 Å². The molecule has 3 aromatic rings. The molecule has 1 fully saturated rings. The van der Waals surface area contributed by atoms with Crippen molar-refractivity contribution in [3.05, 3.63) is 48.0 Å². The van der Waals surface area contributed by atoms with Crippen molar-refractivity contribution in [3.8, 4) is 11.5 Å². The van der Waals surface area contributed by atoms with E-state index in [-0.39, 0.29) is 11.9 Å². The molecule has 2 heterocycles. The SMILES string of the molecule is COc1cc(OC)cc(C(=O)NCC2CCCN2c2nc3ccccc3o2)c1. The zero-order valence-corrected chi connectivity index (χ0v) is 16.0. The van der Waals surface area contributed by atoms with E-state index in [2.05, 4.69) is 15.2 Å². The highest BCUT2D eigenvalue weighted by atomic mass is 16.5. The summed E-state index contributed by atoms with van der Waals surface area (Å²) in [6.07, 6.45) is 2.01. The first-order valence-corrected chi connectivity index (χ1v) is 9.31. The van der Waals surface area contributed by atoms with E-state index in [4.69, 9.17) is 13.9 Å². The Kier molecular flexibility index (Phi) is 5.06. The molecule has 28 heavy (non-hydrogen) atoms. The fourth-order valence-electron chi connectivity index (χ4n) is 3.53. The molecule has 7 heteroatoms. The molecule has 2 aromatic carbocycles. The number of aromatic nitrogens is 1. The minimum absolute atomic E-state index is 0.143. The summed E-state index contributed by atoms with van der Waals surface area (Å²) in [4.78, 5) is 19.4. The summed E-state index contributed by atoms with van der Waals surface area (Å²) in [7, 11) is 3.13. The number of anilines is 1. The number of para-hydroxylation sites is 2. The van der Waals surface area contributed by atoms with Crippen LogP contribution in [-0.2, 0) is 0 Å². The third kappa shape index (κ3) is 3.60. The van der Waals surface area contributed by atoms with E-state index >= 15 is 0 Å². The van der Waals surface area contributed by atoms with Gasteiger partial charge in [-0.25, -0.2) is 0 Å². The summed E-state index contributed by atoms with van der Waals surface area (Å²) in [5.74, 6) is 0.999. The third-order valence-corrected chi connectivity index (χ3v) is 5.02. The zero-order valence-electron chi connectivity index (χ0n) is 16.0. The Labute approximate surface area is 163 Å². The van der Waals surface area contributed by atoms with Crippen LogP contribution in [0, 0.1) is 0 Å². The molecule has 1 aliphatic rings. The van der Waals surface area contributed by atoms with Gasteiger partial charge in [0.15, 0.2) is 5.58 Å². The lowest BCUT2D eigenvalue weighted by Gasteiger charge is -2.23. The molecule has 0 bridgehead atoms. The van der Waals surface area contributed by atoms with Gasteiger partial charge < -0.3 is 24.1 Å². The number of hydrogen-bond acceptors (Lipinski definition) is 6. The van der Waals surface area contributed by atoms with Gasteiger partial charge in [0.1, 0.15) is 17.0 Å². The minimum Gasteiger partial charge on any atom is -0.497 e. The van der Waals surface area contributed by atoms with Crippen LogP contribution < -0.4 is 19.7 Å². The molecule has 1 N–H and O–H groups in total. The highest BCUT2D eigenvalue weighted by Gasteiger charge is 2.28. The number of nitrogens with zero attached hydrogens (tertiary/aromatic N) is 2. The maximum atomic E-state index is 12.6. The van der Waals surface area contributed by atoms with E-state index in [1.807, 2.05) is 24.3 Å². The number of oxazole rings is 1. The topological polar surface area (TPSA) is 76.8 Å². The molecule has 0 aliphatic carbocycles. The third-order valence-electron chi connectivity index (χ3n) is 5.02. The van der Waals surface area contributed by atoms with Gasteiger partial charge in [0.25, 0.3) is 11.9 Å². The number of carbonyl (C=O) groups excluding carboxylic acids is 1. The molecule has 146 valence electrons. The number of amides is 1. The van der Waals surface area contributed by atoms with E-state index in [1.165, 1.54) is 0 Å². The van der Waals surface area contributed by atoms with Crippen molar-refractivity contribution >= 4 is 23.0 Å². The molecule has 0 radical (unpaired) electrons. The van der Waals surface area contributed by atoms with Crippen LogP contribution in [-0.4, -0.2) is 44.2 Å². The number of rotatable bonds is 6. The molecule has 4 rings (SSSR count). The maximum Gasteiger partial charge on any atom is 0.298 e. The smallest absolute Gasteiger partial charge is 0.298 e. The molecule has 0 saturated carbocycles. The van der Waals surface area contributed by atoms with Crippen LogP contribution in [0.5, 0.6) is 11.5 Å². The number of methoxy groups -OCH3 is 2. The number of ether oxygens (including phenoxy) is 2. The largest absolute Gasteiger partial charge is 0.497 e. The fraction of sp³-hybridized carbons (Fsp3) is 0.333. The molecule has 1 saturated heterocycles. The van der Waals surface area contributed by atoms with Crippen LogP contribution >= 0.6 is 0 Å². The highest BCUT2D eigenvalue weighted by Crippen LogP contribution is 2.28. The van der Waals surface area contributed by atoms with Crippen molar-refractivity contribution in [1.82, 2.24) is 10.3 Å². The van der Waals surface area contributed by atoms with E-state index in [0.29, 0.717) is 29.6 Å². The lowest BCUT2D eigenvalue weighted by atomic mass is 10.1. The predicted molar refractivity (Wildman–Crippen MR) is 106 cm³/mol. The summed E-state index contributed by atoms with van der Waals surface area (Å²) in [6, 6.07) is 13.6. The van der Waals surface area contributed by atoms with Crippen molar-refractivity contribution < 1.29 is 18.7 Å². The fourth-order valence-corrected chi connectivity index (χ4v) is 3.53. The Bertz CT molecular complexity index is 929. The van der Waals surface area contributed by atoms with Crippen molar-refractivity contribution in [2.75, 3.05) is 32.2 Å². The van der Waals surface area contributed by atoms with Crippen molar-refractivity contribution in [2.24, 2.45) is 0 Å². The van der Waals surface area contributed by atoms with E-state index in [9.17, 15) is 4.79 Å². The Morgan fingerprint density at radius 2 is 1.96 bits per heavy atom. The molecule has 7 nitrogen and oxygen atoms in total. The summed E-state index contributed by atoms with van der Waals surface area (Å²) < 4.78 is 16.4. The van der Waals surface area contributed by atoms with Crippen LogP contribution in [0.4, 0.5) is 6.01 Å². The Morgan fingerprint density at radius 1 is 1.21 bits per heavy atom. The Morgan fingerprint density at radius 3 is 2.68 bits per heavy atom. The van der Waals surface area contributed by atoms with Crippen LogP contribution in [0.25, 0.3) is 11.1 Å². The lowest BCUT2D eigenvalue weighted by Crippen LogP contribution is -2.40. The van der Waals surface area contributed by atoms with Crippen LogP contribution in [0.1, 0.15) is 23.2 Å². The van der Waals surface area contributed by atoms with Crippen molar-refractivity contribution in [1.29, 1.82) is 0 Å². The lowest BCUT2D eigenvalue weighted by molar-refractivity contribution is 0.0950. The molecule has 1 aliphatic heterocycles. The number of hydrogen-bond donors (Lipinski definition) is 1. The first kappa shape index (κ1) is 18.2. The Balaban J connectivity index is 1.45. The van der Waals surface area contributed by atoms with Crippen LogP contribution in [0.3, 0.4) is 0 Å². The first-order valence-electron chi connectivity index (χ1n) is 9.31. The normalized spacial score (nSPS) is 16.4. The molecule has 0 spiro atoms. The predicted octanol–water partition coefficient (Wildman–Crippen LogP) is 3.24. The second-order valence-electron chi connectivity index (χ2n) is 6.76. The summed E-state index contributed by atoms with van der Waals surface area (Å²) in [5.41, 5.74) is 2.12. The van der Waals surface area contributed by atoms with Gasteiger partial charge in [-0.3, -0.25) is 4.79 Å². The number of fused-ring (bicyclic) bond motifs is 1. The zero-order chi connectivity index (χ0) is 19.5. The molecular weight excluding hydrogens is 358 g/mol. The van der Waals surface area contributed by atoms with Gasteiger partial charge >= 0.3 is 0 Å². The number of benzene rings is 2. The van der Waals surface area contributed by atoms with Gasteiger partial charge in [0.2, 0.25) is 0 Å². The number of carbonyl (C=O) groups is 1. The molecule has 1 aromatic heterocycles. The quantitative estimate of drug-likeness (QED) is 0.706. The molecule has 1 atom stereocenters. The second-order valence-corrected chi connectivity index (χ2v) is 6.76. The van der Waals surface area contributed by atoms with E-state index < -0.39 is 0 Å². The number of nitrogens with one attached hydrogen (secondary N) is 1. The van der Waals surface area contributed by atoms with Crippen LogP contribution in [0.2, 0.25) is 0 Å². The average molecular weight is 381 g/mol. The van der Waals surface area contributed by atoms with Crippen molar-refractivity contribution in [3.63, 3.8) is 0 Å². The molecule has 1 amide bonds. The molecule has 1 unspecified atom stereocenters. The average Bonchev–Trinajstić information content (AvgIpc) is 3.37. The van der Waals surface area contributed by atoms with Gasteiger partial charge in [0, 0.05) is 24.7 Å². The summed E-state index contributed by atoms with van der Waals surface area (Å²) in [5, 5.41) is 3.02. The maximum absolute atomic E-state index is 12.6. The van der Waals surface area contributed by atoms with Gasteiger partial charge in [-0.2, -0.15) is 4.98 Å². The summed E-state index contributed by atoms with van der Waals surface area (Å²) in [6.45, 7) is 1.37. The van der Waals surface area contributed by atoms with Gasteiger partial charge in [-0.1, -0.05) is 12.1 Å². The summed E-state index contributed by atoms with van der Waals surface area (Å²) >= 11 is 0.